The average molecular weight is 729 g/mol. The zero-order valence-electron chi connectivity index (χ0n) is 23.5. The summed E-state index contributed by atoms with van der Waals surface area (Å²) >= 11 is 27.4. The van der Waals surface area contributed by atoms with E-state index in [1.807, 2.05) is 11.4 Å². The van der Waals surface area contributed by atoms with Gasteiger partial charge in [0.05, 0.1) is 21.5 Å². The minimum Gasteiger partial charge on any atom is -0.321 e. The number of benzene rings is 4. The number of nitrogens with zero attached hydrogens (tertiary/aromatic N) is 1. The molecular formula is C33H22Cl4N4O3S2. The van der Waals surface area contributed by atoms with E-state index >= 15 is 0 Å². The molecule has 7 nitrogen and oxygen atoms in total. The van der Waals surface area contributed by atoms with Crippen molar-refractivity contribution in [3.8, 4) is 11.3 Å². The van der Waals surface area contributed by atoms with Crippen LogP contribution in [0.15, 0.2) is 107 Å². The quantitative estimate of drug-likeness (QED) is 0.0983. The molecule has 3 amide bonds. The van der Waals surface area contributed by atoms with Gasteiger partial charge in [0.25, 0.3) is 11.8 Å². The van der Waals surface area contributed by atoms with Crippen molar-refractivity contribution < 1.29 is 14.4 Å². The SMILES string of the molecule is O=C(CSc1cccc(NC(=O)/C(=C\c2c(Cl)cccc2Cl)NC(=O)c2ccccc2)c1)Nc1nc(-c2ccc(Cl)c(Cl)c2)cs1. The molecule has 0 aliphatic rings. The van der Waals surface area contributed by atoms with Gasteiger partial charge in [-0.05, 0) is 60.7 Å². The lowest BCUT2D eigenvalue weighted by molar-refractivity contribution is -0.114. The van der Waals surface area contributed by atoms with Gasteiger partial charge >= 0.3 is 0 Å². The number of amides is 3. The highest BCUT2D eigenvalue weighted by atomic mass is 35.5. The van der Waals surface area contributed by atoms with Crippen LogP contribution in [-0.2, 0) is 9.59 Å². The predicted octanol–water partition coefficient (Wildman–Crippen LogP) is 9.56. The lowest BCUT2D eigenvalue weighted by Crippen LogP contribution is -2.30. The zero-order chi connectivity index (χ0) is 32.6. The summed E-state index contributed by atoms with van der Waals surface area (Å²) in [4.78, 5) is 44.3. The van der Waals surface area contributed by atoms with Gasteiger partial charge in [0.15, 0.2) is 5.13 Å². The maximum Gasteiger partial charge on any atom is 0.272 e. The summed E-state index contributed by atoms with van der Waals surface area (Å²) in [7, 11) is 0. The Morgan fingerprint density at radius 1 is 0.783 bits per heavy atom. The van der Waals surface area contributed by atoms with Gasteiger partial charge in [0, 0.05) is 42.7 Å². The van der Waals surface area contributed by atoms with Gasteiger partial charge in [0.2, 0.25) is 5.91 Å². The van der Waals surface area contributed by atoms with Crippen molar-refractivity contribution in [1.29, 1.82) is 0 Å². The molecule has 1 heterocycles. The Labute approximate surface area is 292 Å². The van der Waals surface area contributed by atoms with E-state index in [-0.39, 0.29) is 17.4 Å². The lowest BCUT2D eigenvalue weighted by atomic mass is 10.1. The topological polar surface area (TPSA) is 100 Å². The Kier molecular flexibility index (Phi) is 11.4. The van der Waals surface area contributed by atoms with E-state index in [1.165, 1.54) is 29.2 Å². The van der Waals surface area contributed by atoms with E-state index in [0.717, 1.165) is 10.5 Å². The fraction of sp³-hybridized carbons (Fsp3) is 0.0303. The molecule has 46 heavy (non-hydrogen) atoms. The van der Waals surface area contributed by atoms with Gasteiger partial charge in [-0.2, -0.15) is 0 Å². The number of anilines is 2. The molecule has 0 fully saturated rings. The highest BCUT2D eigenvalue weighted by Gasteiger charge is 2.17. The molecule has 0 unspecified atom stereocenters. The highest BCUT2D eigenvalue weighted by Crippen LogP contribution is 2.31. The summed E-state index contributed by atoms with van der Waals surface area (Å²) in [6.07, 6.45) is 1.43. The molecule has 1 aromatic heterocycles. The lowest BCUT2D eigenvalue weighted by Gasteiger charge is -2.13. The van der Waals surface area contributed by atoms with E-state index in [4.69, 9.17) is 46.4 Å². The van der Waals surface area contributed by atoms with Crippen LogP contribution in [0.1, 0.15) is 15.9 Å². The van der Waals surface area contributed by atoms with Crippen LogP contribution in [0, 0.1) is 0 Å². The van der Waals surface area contributed by atoms with E-state index in [1.54, 1.807) is 84.9 Å². The van der Waals surface area contributed by atoms with Crippen molar-refractivity contribution >= 4 is 104 Å². The third kappa shape index (κ3) is 8.91. The molecule has 5 aromatic rings. The third-order valence-electron chi connectivity index (χ3n) is 6.24. The van der Waals surface area contributed by atoms with Crippen molar-refractivity contribution in [2.45, 2.75) is 4.90 Å². The number of thiazole rings is 1. The van der Waals surface area contributed by atoms with Crippen LogP contribution >= 0.6 is 69.5 Å². The Morgan fingerprint density at radius 2 is 1.52 bits per heavy atom. The number of aromatic nitrogens is 1. The van der Waals surface area contributed by atoms with Gasteiger partial charge in [-0.25, -0.2) is 4.98 Å². The minimum absolute atomic E-state index is 0.0648. The molecule has 13 heteroatoms. The number of thioether (sulfide) groups is 1. The van der Waals surface area contributed by atoms with Gasteiger partial charge < -0.3 is 16.0 Å². The molecule has 4 aromatic carbocycles. The number of carbonyl (C=O) groups excluding carboxylic acids is 3. The Bertz CT molecular complexity index is 1930. The fourth-order valence-electron chi connectivity index (χ4n) is 4.02. The summed E-state index contributed by atoms with van der Waals surface area (Å²) in [5.74, 6) is -1.23. The van der Waals surface area contributed by atoms with Gasteiger partial charge in [-0.3, -0.25) is 14.4 Å². The van der Waals surface area contributed by atoms with Crippen molar-refractivity contribution in [3.05, 3.63) is 133 Å². The Balaban J connectivity index is 1.24. The number of rotatable bonds is 10. The van der Waals surface area contributed by atoms with Crippen molar-refractivity contribution in [2.24, 2.45) is 0 Å². The number of halogens is 4. The van der Waals surface area contributed by atoms with Crippen molar-refractivity contribution in [3.63, 3.8) is 0 Å². The smallest absolute Gasteiger partial charge is 0.272 e. The van der Waals surface area contributed by atoms with Crippen LogP contribution in [0.4, 0.5) is 10.8 Å². The highest BCUT2D eigenvalue weighted by molar-refractivity contribution is 8.00. The van der Waals surface area contributed by atoms with Gasteiger partial charge in [-0.15, -0.1) is 23.1 Å². The fourth-order valence-corrected chi connectivity index (χ4v) is 6.32. The van der Waals surface area contributed by atoms with Crippen molar-refractivity contribution in [1.82, 2.24) is 10.3 Å². The Morgan fingerprint density at radius 3 is 2.26 bits per heavy atom. The molecule has 0 aliphatic heterocycles. The largest absolute Gasteiger partial charge is 0.321 e. The molecular weight excluding hydrogens is 706 g/mol. The molecule has 0 atom stereocenters. The summed E-state index contributed by atoms with van der Waals surface area (Å²) < 4.78 is 0. The zero-order valence-corrected chi connectivity index (χ0v) is 28.2. The monoisotopic (exact) mass is 726 g/mol. The second kappa shape index (κ2) is 15.6. The number of carbonyl (C=O) groups is 3. The Hall–Kier alpha value is -3.83. The first-order valence-corrected chi connectivity index (χ1v) is 16.8. The van der Waals surface area contributed by atoms with Crippen LogP contribution in [-0.4, -0.2) is 28.5 Å². The molecule has 0 bridgehead atoms. The van der Waals surface area contributed by atoms with E-state index in [0.29, 0.717) is 47.7 Å². The minimum atomic E-state index is -0.596. The van der Waals surface area contributed by atoms with E-state index in [9.17, 15) is 14.4 Å². The number of hydrogen-bond acceptors (Lipinski definition) is 6. The van der Waals surface area contributed by atoms with Gasteiger partial charge in [0.1, 0.15) is 5.70 Å². The standard InChI is InChI=1S/C33H22Cl4N4O3S2/c34-24-10-5-11-25(35)23(24)16-28(39-31(43)19-6-2-1-3-7-19)32(44)38-21-8-4-9-22(15-21)45-18-30(42)41-33-40-29(17-46-33)20-12-13-26(36)27(37)14-20/h1-17H,18H2,(H,38,44)(H,39,43)(H,40,41,42)/b28-16+. The average Bonchev–Trinajstić information content (AvgIpc) is 3.51. The summed E-state index contributed by atoms with van der Waals surface area (Å²) in [6.45, 7) is 0. The molecule has 232 valence electrons. The normalized spacial score (nSPS) is 11.2. The molecule has 0 radical (unpaired) electrons. The first-order chi connectivity index (χ1) is 22.2. The molecule has 0 aliphatic carbocycles. The second-order valence-corrected chi connectivity index (χ2v) is 13.0. The summed E-state index contributed by atoms with van der Waals surface area (Å²) in [6, 6.07) is 25.6. The van der Waals surface area contributed by atoms with Crippen molar-refractivity contribution in [2.75, 3.05) is 16.4 Å². The number of nitrogens with one attached hydrogen (secondary N) is 3. The first-order valence-electron chi connectivity index (χ1n) is 13.4. The van der Waals surface area contributed by atoms with Crippen LogP contribution < -0.4 is 16.0 Å². The summed E-state index contributed by atoms with van der Waals surface area (Å²) in [5.41, 5.74) is 2.58. The third-order valence-corrected chi connectivity index (χ3v) is 9.39. The van der Waals surface area contributed by atoms with Gasteiger partial charge in [-0.1, -0.05) is 82.8 Å². The maximum atomic E-state index is 13.5. The maximum absolute atomic E-state index is 13.5. The van der Waals surface area contributed by atoms with Crippen LogP contribution in [0.5, 0.6) is 0 Å². The summed E-state index contributed by atoms with van der Waals surface area (Å²) in [5, 5.41) is 12.0. The molecule has 0 spiro atoms. The molecule has 5 rings (SSSR count). The molecule has 0 saturated carbocycles. The first kappa shape index (κ1) is 33.5. The number of hydrogen-bond donors (Lipinski definition) is 3. The van der Waals surface area contributed by atoms with E-state index in [2.05, 4.69) is 20.9 Å². The molecule has 0 saturated heterocycles. The molecule has 3 N–H and O–H groups in total. The van der Waals surface area contributed by atoms with Crippen LogP contribution in [0.25, 0.3) is 17.3 Å². The van der Waals surface area contributed by atoms with E-state index < -0.39 is 11.8 Å². The second-order valence-electron chi connectivity index (χ2n) is 9.50. The predicted molar refractivity (Wildman–Crippen MR) is 190 cm³/mol. The van der Waals surface area contributed by atoms with Crippen LogP contribution in [0.3, 0.4) is 0 Å². The van der Waals surface area contributed by atoms with Crippen LogP contribution in [0.2, 0.25) is 20.1 Å².